The maximum absolute atomic E-state index is 14.5. The van der Waals surface area contributed by atoms with Gasteiger partial charge in [0.1, 0.15) is 18.2 Å². The van der Waals surface area contributed by atoms with E-state index in [1.807, 2.05) is 13.8 Å². The van der Waals surface area contributed by atoms with Crippen molar-refractivity contribution in [2.45, 2.75) is 62.6 Å². The molecular formula is C24H30F5NO3PS+. The summed E-state index contributed by atoms with van der Waals surface area (Å²) >= 11 is 0.985. The van der Waals surface area contributed by atoms with Crippen LogP contribution in [0.2, 0.25) is 0 Å². The predicted molar refractivity (Wildman–Crippen MR) is 128 cm³/mol. The van der Waals surface area contributed by atoms with Gasteiger partial charge in [-0.05, 0) is 66.8 Å². The Balaban J connectivity index is 1.90. The minimum Gasteiger partial charge on any atom is -0.312 e. The van der Waals surface area contributed by atoms with E-state index in [0.29, 0.717) is 18.6 Å². The van der Waals surface area contributed by atoms with Gasteiger partial charge in [0.05, 0.1) is 5.56 Å². The van der Waals surface area contributed by atoms with Crippen LogP contribution in [0.4, 0.5) is 22.0 Å². The van der Waals surface area contributed by atoms with Gasteiger partial charge in [0, 0.05) is 21.6 Å². The summed E-state index contributed by atoms with van der Waals surface area (Å²) in [4.78, 5) is 8.39. The molecule has 1 atom stereocenters. The van der Waals surface area contributed by atoms with Crippen LogP contribution in [0.1, 0.15) is 56.2 Å². The number of hydrogen-bond acceptors (Lipinski definition) is 4. The lowest BCUT2D eigenvalue weighted by atomic mass is 9.80. The molecule has 0 aromatic heterocycles. The van der Waals surface area contributed by atoms with Crippen LogP contribution in [-0.2, 0) is 27.2 Å². The van der Waals surface area contributed by atoms with E-state index < -0.39 is 25.8 Å². The molecule has 2 N–H and O–H groups in total. The van der Waals surface area contributed by atoms with E-state index in [-0.39, 0.29) is 41.4 Å². The SMILES string of the molecule is CC(C)(CCCCSc1cc(F)c(CNCCCO[P+](=O)O)cc1C(F)(F)F)c1ccc(F)cc1. The molecule has 4 nitrogen and oxygen atoms in total. The molecule has 0 saturated heterocycles. The quantitative estimate of drug-likeness (QED) is 0.114. The summed E-state index contributed by atoms with van der Waals surface area (Å²) < 4.78 is 83.4. The lowest BCUT2D eigenvalue weighted by Gasteiger charge is -2.25. The molecule has 2 rings (SSSR count). The summed E-state index contributed by atoms with van der Waals surface area (Å²) in [6.45, 7) is 4.26. The van der Waals surface area contributed by atoms with Crippen LogP contribution in [0.25, 0.3) is 0 Å². The van der Waals surface area contributed by atoms with Crippen molar-refractivity contribution in [3.8, 4) is 0 Å². The van der Waals surface area contributed by atoms with Gasteiger partial charge in [0.25, 0.3) is 0 Å². The average Bonchev–Trinajstić information content (AvgIpc) is 2.76. The minimum absolute atomic E-state index is 0.00560. The standard InChI is InChI=1S/C24H29F5NO3PS/c1-23(2,18-6-8-19(25)9-7-18)10-3-4-13-35-22-15-21(26)17(14-20(22)24(27,28)29)16-30-11-5-12-33-34(31)32/h6-9,14-15,30H,3-5,10-13,16H2,1-2H3/p+1. The van der Waals surface area contributed by atoms with Crippen molar-refractivity contribution in [2.75, 3.05) is 18.9 Å². The van der Waals surface area contributed by atoms with E-state index >= 15 is 0 Å². The highest BCUT2D eigenvalue weighted by Gasteiger charge is 2.34. The first-order chi connectivity index (χ1) is 16.4. The van der Waals surface area contributed by atoms with Crippen molar-refractivity contribution in [2.24, 2.45) is 0 Å². The molecule has 35 heavy (non-hydrogen) atoms. The Bertz CT molecular complexity index is 971. The number of thioether (sulfide) groups is 1. The van der Waals surface area contributed by atoms with Crippen LogP contribution in [0.3, 0.4) is 0 Å². The monoisotopic (exact) mass is 538 g/mol. The Morgan fingerprint density at radius 3 is 2.37 bits per heavy atom. The highest BCUT2D eigenvalue weighted by Crippen LogP contribution is 2.39. The van der Waals surface area contributed by atoms with E-state index in [1.165, 1.54) is 12.1 Å². The fourth-order valence-electron chi connectivity index (χ4n) is 3.54. The van der Waals surface area contributed by atoms with Gasteiger partial charge in [-0.1, -0.05) is 32.4 Å². The summed E-state index contributed by atoms with van der Waals surface area (Å²) in [6, 6.07) is 8.08. The van der Waals surface area contributed by atoms with E-state index in [4.69, 9.17) is 4.89 Å². The fourth-order valence-corrected chi connectivity index (χ4v) is 4.91. The van der Waals surface area contributed by atoms with Crippen LogP contribution in [0.5, 0.6) is 0 Å². The highest BCUT2D eigenvalue weighted by atomic mass is 32.2. The van der Waals surface area contributed by atoms with Crippen LogP contribution in [0.15, 0.2) is 41.3 Å². The summed E-state index contributed by atoms with van der Waals surface area (Å²) in [7, 11) is -2.69. The molecule has 0 radical (unpaired) electrons. The summed E-state index contributed by atoms with van der Waals surface area (Å²) in [6.07, 6.45) is -2.07. The third kappa shape index (κ3) is 10.1. The molecule has 2 aromatic carbocycles. The van der Waals surface area contributed by atoms with Gasteiger partial charge in [-0.15, -0.1) is 21.2 Å². The number of benzene rings is 2. The first-order valence-corrected chi connectivity index (χ1v) is 13.3. The van der Waals surface area contributed by atoms with Gasteiger partial charge >= 0.3 is 14.4 Å². The molecule has 1 unspecified atom stereocenters. The number of halogens is 5. The van der Waals surface area contributed by atoms with Gasteiger partial charge in [-0.3, -0.25) is 0 Å². The highest BCUT2D eigenvalue weighted by molar-refractivity contribution is 7.99. The normalized spacial score (nSPS) is 12.7. The first-order valence-electron chi connectivity index (χ1n) is 11.2. The van der Waals surface area contributed by atoms with Crippen LogP contribution in [-0.4, -0.2) is 23.8 Å². The zero-order valence-electron chi connectivity index (χ0n) is 19.6. The summed E-state index contributed by atoms with van der Waals surface area (Å²) in [5.74, 6) is -0.616. The molecular weight excluding hydrogens is 508 g/mol. The molecule has 0 spiro atoms. The smallest absolute Gasteiger partial charge is 0.312 e. The molecule has 0 heterocycles. The summed E-state index contributed by atoms with van der Waals surface area (Å²) in [5.41, 5.74) is -0.170. The second-order valence-corrected chi connectivity index (χ2v) is 10.6. The van der Waals surface area contributed by atoms with Gasteiger partial charge in [-0.2, -0.15) is 13.2 Å². The van der Waals surface area contributed by atoms with Crippen molar-refractivity contribution in [3.63, 3.8) is 0 Å². The number of rotatable bonds is 14. The Kier molecular flexibility index (Phi) is 11.6. The molecule has 0 fully saturated rings. The largest absolute Gasteiger partial charge is 0.694 e. The second kappa shape index (κ2) is 13.7. The fraction of sp³-hybridized carbons (Fsp3) is 0.500. The molecule has 194 valence electrons. The number of nitrogens with one attached hydrogen (secondary N) is 1. The lowest BCUT2D eigenvalue weighted by molar-refractivity contribution is -0.139. The zero-order valence-corrected chi connectivity index (χ0v) is 21.3. The number of alkyl halides is 3. The molecule has 0 bridgehead atoms. The minimum atomic E-state index is -4.62. The van der Waals surface area contributed by atoms with Gasteiger partial charge in [-0.25, -0.2) is 8.78 Å². The summed E-state index contributed by atoms with van der Waals surface area (Å²) in [5, 5.41) is 2.81. The molecule has 0 amide bonds. The van der Waals surface area contributed by atoms with Crippen molar-refractivity contribution in [3.05, 3.63) is 64.7 Å². The van der Waals surface area contributed by atoms with Gasteiger partial charge < -0.3 is 5.32 Å². The van der Waals surface area contributed by atoms with E-state index in [9.17, 15) is 26.5 Å². The van der Waals surface area contributed by atoms with Crippen molar-refractivity contribution in [1.82, 2.24) is 5.32 Å². The molecule has 11 heteroatoms. The topological polar surface area (TPSA) is 58.6 Å². The maximum atomic E-state index is 14.5. The van der Waals surface area contributed by atoms with Crippen molar-refractivity contribution in [1.29, 1.82) is 0 Å². The Morgan fingerprint density at radius 2 is 1.74 bits per heavy atom. The third-order valence-electron chi connectivity index (χ3n) is 5.55. The van der Waals surface area contributed by atoms with E-state index in [0.717, 1.165) is 42.3 Å². The van der Waals surface area contributed by atoms with Crippen LogP contribution >= 0.6 is 20.0 Å². The maximum Gasteiger partial charge on any atom is 0.694 e. The predicted octanol–water partition coefficient (Wildman–Crippen LogP) is 7.37. The van der Waals surface area contributed by atoms with E-state index in [1.54, 1.807) is 12.1 Å². The third-order valence-corrected chi connectivity index (χ3v) is 7.09. The molecule has 0 aliphatic heterocycles. The van der Waals surface area contributed by atoms with Crippen molar-refractivity contribution < 1.29 is 35.9 Å². The number of unbranched alkanes of at least 4 members (excludes halogenated alkanes) is 1. The first kappa shape index (κ1) is 29.6. The molecule has 2 aromatic rings. The van der Waals surface area contributed by atoms with E-state index in [2.05, 4.69) is 9.84 Å². The Morgan fingerprint density at radius 1 is 1.06 bits per heavy atom. The van der Waals surface area contributed by atoms with Gasteiger partial charge in [0.2, 0.25) is 0 Å². The van der Waals surface area contributed by atoms with Crippen LogP contribution in [0, 0.1) is 11.6 Å². The molecule has 0 aliphatic carbocycles. The number of hydrogen-bond donors (Lipinski definition) is 2. The van der Waals surface area contributed by atoms with Crippen LogP contribution < -0.4 is 5.32 Å². The molecule has 0 saturated carbocycles. The lowest BCUT2D eigenvalue weighted by Crippen LogP contribution is -2.18. The Labute approximate surface area is 207 Å². The van der Waals surface area contributed by atoms with Crippen molar-refractivity contribution >= 4 is 20.0 Å². The van der Waals surface area contributed by atoms with Gasteiger partial charge in [0.15, 0.2) is 0 Å². The Hall–Kier alpha value is -1.58. The second-order valence-electron chi connectivity index (χ2n) is 8.74. The average molecular weight is 539 g/mol. The molecule has 0 aliphatic rings. The zero-order chi connectivity index (χ0) is 26.1.